The highest BCUT2D eigenvalue weighted by Gasteiger charge is 2.31. The van der Waals surface area contributed by atoms with E-state index in [1.165, 1.54) is 31.1 Å². The first-order valence-electron chi connectivity index (χ1n) is 4.91. The first kappa shape index (κ1) is 14.6. The topological polar surface area (TPSA) is 29.5 Å². The van der Waals surface area contributed by atoms with Crippen molar-refractivity contribution in [3.63, 3.8) is 0 Å². The van der Waals surface area contributed by atoms with Crippen molar-refractivity contribution >= 4 is 17.5 Å². The number of hydrogen-bond acceptors (Lipinski definition) is 2. The van der Waals surface area contributed by atoms with Gasteiger partial charge in [-0.25, -0.2) is 0 Å². The second kappa shape index (κ2) is 5.48. The van der Waals surface area contributed by atoms with Crippen LogP contribution in [0.25, 0.3) is 0 Å². The van der Waals surface area contributed by atoms with Crippen LogP contribution in [0.3, 0.4) is 0 Å². The number of hydrogen-bond donors (Lipinski definition) is 0. The lowest BCUT2D eigenvalue weighted by Gasteiger charge is -2.16. The van der Waals surface area contributed by atoms with Gasteiger partial charge < -0.3 is 9.64 Å². The van der Waals surface area contributed by atoms with Crippen LogP contribution in [0.2, 0.25) is 0 Å². The fourth-order valence-electron chi connectivity index (χ4n) is 1.24. The number of carbonyl (C=O) groups excluding carboxylic acids is 1. The molecule has 0 saturated carbocycles. The molecule has 0 fully saturated rings. The number of nitrogens with zero attached hydrogens (tertiary/aromatic N) is 1. The van der Waals surface area contributed by atoms with Crippen molar-refractivity contribution in [3.8, 4) is 5.75 Å². The first-order valence-corrected chi connectivity index (χ1v) is 5.35. The van der Waals surface area contributed by atoms with E-state index in [0.29, 0.717) is 0 Å². The summed E-state index contributed by atoms with van der Waals surface area (Å²) >= 11 is 5.87. The zero-order valence-corrected chi connectivity index (χ0v) is 10.4. The summed E-state index contributed by atoms with van der Waals surface area (Å²) in [5.41, 5.74) is 0.247. The molecule has 1 amide bonds. The Balaban J connectivity index is 2.92. The average Bonchev–Trinajstić information content (AvgIpc) is 2.25. The third-order valence-electron chi connectivity index (χ3n) is 2.04. The van der Waals surface area contributed by atoms with Crippen molar-refractivity contribution in [2.24, 2.45) is 0 Å². The molecule has 100 valence electrons. The molecule has 0 aliphatic carbocycles. The minimum absolute atomic E-state index is 0.247. The Morgan fingerprint density at radius 2 is 2.00 bits per heavy atom. The van der Waals surface area contributed by atoms with E-state index in [1.807, 2.05) is 0 Å². The molecule has 3 nitrogen and oxygen atoms in total. The summed E-state index contributed by atoms with van der Waals surface area (Å²) in [5, 5.41) is -1.04. The molecule has 0 radical (unpaired) electrons. The molecule has 1 atom stereocenters. The van der Waals surface area contributed by atoms with Crippen molar-refractivity contribution in [2.45, 2.75) is 11.7 Å². The predicted octanol–water partition coefficient (Wildman–Crippen LogP) is 2.95. The van der Waals surface area contributed by atoms with Crippen LogP contribution in [-0.2, 0) is 4.79 Å². The Hall–Kier alpha value is -1.43. The van der Waals surface area contributed by atoms with Crippen LogP contribution >= 0.6 is 11.6 Å². The molecule has 1 aromatic rings. The Bertz CT molecular complexity index is 435. The van der Waals surface area contributed by atoms with E-state index < -0.39 is 23.4 Å². The summed E-state index contributed by atoms with van der Waals surface area (Å²) in [6.45, 7) is 0. The summed E-state index contributed by atoms with van der Waals surface area (Å²) in [4.78, 5) is 12.8. The number of ether oxygens (including phenoxy) is 1. The molecule has 7 heteroatoms. The minimum Gasteiger partial charge on any atom is -0.406 e. The van der Waals surface area contributed by atoms with E-state index >= 15 is 0 Å². The standard InChI is InChI=1S/C11H11ClF3NO2/c1-16(2)10(17)9(12)7-4-3-5-8(6-7)18-11(13,14)15/h3-6,9H,1-2H3. The normalized spacial score (nSPS) is 13.0. The highest BCUT2D eigenvalue weighted by molar-refractivity contribution is 6.30. The SMILES string of the molecule is CN(C)C(=O)C(Cl)c1cccc(OC(F)(F)F)c1. The van der Waals surface area contributed by atoms with E-state index in [1.54, 1.807) is 0 Å². The number of rotatable bonds is 3. The molecular formula is C11H11ClF3NO2. The van der Waals surface area contributed by atoms with Crippen molar-refractivity contribution < 1.29 is 22.7 Å². The van der Waals surface area contributed by atoms with Gasteiger partial charge in [0.25, 0.3) is 0 Å². The molecule has 0 N–H and O–H groups in total. The predicted molar refractivity (Wildman–Crippen MR) is 60.4 cm³/mol. The second-order valence-corrected chi connectivity index (χ2v) is 4.15. The largest absolute Gasteiger partial charge is 0.573 e. The molecule has 0 aromatic heterocycles. The molecule has 18 heavy (non-hydrogen) atoms. The van der Waals surface area contributed by atoms with Gasteiger partial charge in [0.2, 0.25) is 5.91 Å². The number of amides is 1. The molecule has 0 spiro atoms. The number of carbonyl (C=O) groups is 1. The van der Waals surface area contributed by atoms with Gasteiger partial charge in [-0.05, 0) is 17.7 Å². The zero-order valence-electron chi connectivity index (χ0n) is 9.66. The van der Waals surface area contributed by atoms with Crippen molar-refractivity contribution in [2.75, 3.05) is 14.1 Å². The Morgan fingerprint density at radius 1 is 1.39 bits per heavy atom. The van der Waals surface area contributed by atoms with Gasteiger partial charge in [-0.15, -0.1) is 24.8 Å². The third kappa shape index (κ3) is 4.10. The fourth-order valence-corrected chi connectivity index (χ4v) is 1.57. The highest BCUT2D eigenvalue weighted by Crippen LogP contribution is 2.28. The van der Waals surface area contributed by atoms with Crippen LogP contribution in [0.1, 0.15) is 10.9 Å². The number of alkyl halides is 4. The van der Waals surface area contributed by atoms with Gasteiger partial charge in [0.15, 0.2) is 0 Å². The van der Waals surface area contributed by atoms with Gasteiger partial charge in [0.05, 0.1) is 0 Å². The minimum atomic E-state index is -4.77. The maximum Gasteiger partial charge on any atom is 0.573 e. The molecule has 0 aliphatic heterocycles. The lowest BCUT2D eigenvalue weighted by molar-refractivity contribution is -0.274. The molecule has 1 aromatic carbocycles. The third-order valence-corrected chi connectivity index (χ3v) is 2.48. The van der Waals surface area contributed by atoms with Crippen LogP contribution in [0.4, 0.5) is 13.2 Å². The lowest BCUT2D eigenvalue weighted by atomic mass is 10.1. The maximum atomic E-state index is 12.0. The molecule has 1 unspecified atom stereocenters. The molecule has 0 saturated heterocycles. The summed E-state index contributed by atoms with van der Waals surface area (Å²) in [6, 6.07) is 5.03. The van der Waals surface area contributed by atoms with E-state index in [9.17, 15) is 18.0 Å². The summed E-state index contributed by atoms with van der Waals surface area (Å²) < 4.78 is 39.8. The van der Waals surface area contributed by atoms with Crippen LogP contribution in [0, 0.1) is 0 Å². The molecule has 0 heterocycles. The van der Waals surface area contributed by atoms with Gasteiger partial charge in [0, 0.05) is 14.1 Å². The van der Waals surface area contributed by atoms with Gasteiger partial charge in [-0.2, -0.15) is 0 Å². The van der Waals surface area contributed by atoms with E-state index in [-0.39, 0.29) is 5.56 Å². The molecule has 0 aliphatic rings. The smallest absolute Gasteiger partial charge is 0.406 e. The van der Waals surface area contributed by atoms with Crippen LogP contribution < -0.4 is 4.74 Å². The summed E-state index contributed by atoms with van der Waals surface area (Å²) in [5.74, 6) is -0.821. The fraction of sp³-hybridized carbons (Fsp3) is 0.364. The van der Waals surface area contributed by atoms with Gasteiger partial charge in [-0.3, -0.25) is 4.79 Å². The van der Waals surface area contributed by atoms with Crippen molar-refractivity contribution in [1.82, 2.24) is 4.90 Å². The monoisotopic (exact) mass is 281 g/mol. The Morgan fingerprint density at radius 3 is 2.50 bits per heavy atom. The average molecular weight is 282 g/mol. The maximum absolute atomic E-state index is 12.0. The van der Waals surface area contributed by atoms with E-state index in [2.05, 4.69) is 4.74 Å². The van der Waals surface area contributed by atoms with Crippen molar-refractivity contribution in [1.29, 1.82) is 0 Å². The first-order chi connectivity index (χ1) is 8.20. The van der Waals surface area contributed by atoms with Gasteiger partial charge in [0.1, 0.15) is 11.1 Å². The second-order valence-electron chi connectivity index (χ2n) is 3.72. The lowest BCUT2D eigenvalue weighted by Crippen LogP contribution is -2.25. The van der Waals surface area contributed by atoms with Crippen LogP contribution in [-0.4, -0.2) is 31.3 Å². The quantitative estimate of drug-likeness (QED) is 0.797. The van der Waals surface area contributed by atoms with Crippen LogP contribution in [0.15, 0.2) is 24.3 Å². The highest BCUT2D eigenvalue weighted by atomic mass is 35.5. The van der Waals surface area contributed by atoms with Gasteiger partial charge >= 0.3 is 6.36 Å². The summed E-state index contributed by atoms with van der Waals surface area (Å²) in [7, 11) is 3.02. The molecule has 0 bridgehead atoms. The molecular weight excluding hydrogens is 271 g/mol. The van der Waals surface area contributed by atoms with E-state index in [0.717, 1.165) is 12.1 Å². The Kier molecular flexibility index (Phi) is 4.45. The van der Waals surface area contributed by atoms with Gasteiger partial charge in [-0.1, -0.05) is 12.1 Å². The number of halogens is 4. The number of benzene rings is 1. The van der Waals surface area contributed by atoms with Crippen molar-refractivity contribution in [3.05, 3.63) is 29.8 Å². The number of likely N-dealkylation sites (N-methyl/N-ethyl adjacent to an activating group) is 1. The van der Waals surface area contributed by atoms with Crippen LogP contribution in [0.5, 0.6) is 5.75 Å². The summed E-state index contributed by atoms with van der Waals surface area (Å²) in [6.07, 6.45) is -4.77. The zero-order chi connectivity index (χ0) is 13.9. The van der Waals surface area contributed by atoms with E-state index in [4.69, 9.17) is 11.6 Å². The Labute approximate surface area is 107 Å². The molecule has 1 rings (SSSR count).